The van der Waals surface area contributed by atoms with Crippen LogP contribution in [0.4, 0.5) is 14.5 Å². The summed E-state index contributed by atoms with van der Waals surface area (Å²) in [5, 5.41) is 3.16. The Bertz CT molecular complexity index is 917. The lowest BCUT2D eigenvalue weighted by molar-refractivity contribution is -0.113. The molecule has 8 heteroatoms. The topological polar surface area (TPSA) is 55.1 Å². The molecule has 0 bridgehead atoms. The lowest BCUT2D eigenvalue weighted by atomic mass is 10.2. The fourth-order valence-electron chi connectivity index (χ4n) is 2.01. The molecule has 0 unspecified atom stereocenters. The molecule has 1 amide bonds. The van der Waals surface area contributed by atoms with Gasteiger partial charge in [-0.25, -0.2) is 13.8 Å². The molecule has 4 nitrogen and oxygen atoms in total. The Morgan fingerprint density at radius 1 is 1.24 bits per heavy atom. The van der Waals surface area contributed by atoms with Gasteiger partial charge in [0, 0.05) is 16.7 Å². The quantitative estimate of drug-likeness (QED) is 0.632. The summed E-state index contributed by atoms with van der Waals surface area (Å²) in [4.78, 5) is 15.9. The van der Waals surface area contributed by atoms with Gasteiger partial charge in [0.05, 0.1) is 17.6 Å². The van der Waals surface area contributed by atoms with Crippen LogP contribution in [0, 0.1) is 11.6 Å². The maximum absolute atomic E-state index is 13.5. The number of anilines is 1. The van der Waals surface area contributed by atoms with E-state index in [9.17, 15) is 13.6 Å². The first-order valence-electron chi connectivity index (χ1n) is 7.11. The van der Waals surface area contributed by atoms with E-state index in [-0.39, 0.29) is 16.7 Å². The minimum atomic E-state index is -0.709. The van der Waals surface area contributed by atoms with E-state index in [4.69, 9.17) is 16.0 Å². The Balaban J connectivity index is 1.60. The van der Waals surface area contributed by atoms with Crippen LogP contribution in [0.5, 0.6) is 0 Å². The lowest BCUT2D eigenvalue weighted by Crippen LogP contribution is -2.15. The van der Waals surface area contributed by atoms with Crippen LogP contribution in [-0.4, -0.2) is 16.6 Å². The number of amides is 1. The van der Waals surface area contributed by atoms with E-state index in [1.807, 2.05) is 6.07 Å². The van der Waals surface area contributed by atoms with Crippen LogP contribution in [0.25, 0.3) is 11.3 Å². The molecular weight excluding hydrogens is 370 g/mol. The van der Waals surface area contributed by atoms with Crippen molar-refractivity contribution in [3.63, 3.8) is 0 Å². The lowest BCUT2D eigenvalue weighted by Gasteiger charge is -2.05. The average molecular weight is 381 g/mol. The van der Waals surface area contributed by atoms with E-state index < -0.39 is 17.5 Å². The highest BCUT2D eigenvalue weighted by atomic mass is 35.5. The zero-order chi connectivity index (χ0) is 17.8. The van der Waals surface area contributed by atoms with Gasteiger partial charge in [0.25, 0.3) is 5.22 Å². The summed E-state index contributed by atoms with van der Waals surface area (Å²) in [6.07, 6.45) is 1.53. The molecule has 1 heterocycles. The van der Waals surface area contributed by atoms with Crippen LogP contribution in [0.3, 0.4) is 0 Å². The second-order valence-corrected chi connectivity index (χ2v) is 6.32. The van der Waals surface area contributed by atoms with Crippen molar-refractivity contribution in [1.29, 1.82) is 0 Å². The van der Waals surface area contributed by atoms with Gasteiger partial charge in [-0.3, -0.25) is 4.79 Å². The summed E-state index contributed by atoms with van der Waals surface area (Å²) in [5.74, 6) is -1.40. The third-order valence-electron chi connectivity index (χ3n) is 3.12. The number of hydrogen-bond donors (Lipinski definition) is 1. The van der Waals surface area contributed by atoms with Gasteiger partial charge in [0.2, 0.25) is 5.91 Å². The number of carbonyl (C=O) groups is 1. The van der Waals surface area contributed by atoms with Gasteiger partial charge < -0.3 is 9.73 Å². The molecule has 0 aliphatic carbocycles. The highest BCUT2D eigenvalue weighted by Gasteiger charge is 2.12. The standard InChI is InChI=1S/C17H11ClF2N2O2S/c18-11-3-1-2-10(6-11)15-8-21-17(24-15)25-9-16(23)22-14-7-12(19)4-5-13(14)20/h1-8H,9H2,(H,22,23). The van der Waals surface area contributed by atoms with Crippen molar-refractivity contribution in [3.8, 4) is 11.3 Å². The Kier molecular flexibility index (Phi) is 5.35. The summed E-state index contributed by atoms with van der Waals surface area (Å²) in [6, 6.07) is 9.92. The Labute approximate surface area is 151 Å². The molecule has 1 aromatic heterocycles. The maximum Gasteiger partial charge on any atom is 0.256 e. The minimum Gasteiger partial charge on any atom is -0.431 e. The smallest absolute Gasteiger partial charge is 0.256 e. The molecule has 0 saturated heterocycles. The largest absolute Gasteiger partial charge is 0.431 e. The number of benzene rings is 2. The van der Waals surface area contributed by atoms with Crippen molar-refractivity contribution in [2.75, 3.05) is 11.1 Å². The number of hydrogen-bond acceptors (Lipinski definition) is 4. The molecule has 0 saturated carbocycles. The van der Waals surface area contributed by atoms with Gasteiger partial charge in [-0.2, -0.15) is 0 Å². The van der Waals surface area contributed by atoms with Gasteiger partial charge in [-0.15, -0.1) is 0 Å². The van der Waals surface area contributed by atoms with E-state index >= 15 is 0 Å². The second-order valence-electron chi connectivity index (χ2n) is 4.96. The number of nitrogens with one attached hydrogen (secondary N) is 1. The third-order valence-corrected chi connectivity index (χ3v) is 4.20. The van der Waals surface area contributed by atoms with E-state index in [1.54, 1.807) is 18.2 Å². The monoisotopic (exact) mass is 380 g/mol. The van der Waals surface area contributed by atoms with Crippen molar-refractivity contribution in [2.24, 2.45) is 0 Å². The molecule has 0 aliphatic rings. The SMILES string of the molecule is O=C(CSc1ncc(-c2cccc(Cl)c2)o1)Nc1cc(F)ccc1F. The Morgan fingerprint density at radius 2 is 2.08 bits per heavy atom. The molecular formula is C17H11ClF2N2O2S. The van der Waals surface area contributed by atoms with E-state index in [2.05, 4.69) is 10.3 Å². The van der Waals surface area contributed by atoms with Crippen molar-refractivity contribution in [3.05, 3.63) is 65.3 Å². The van der Waals surface area contributed by atoms with Crippen LogP contribution >= 0.6 is 23.4 Å². The molecule has 0 aliphatic heterocycles. The highest BCUT2D eigenvalue weighted by molar-refractivity contribution is 7.99. The zero-order valence-corrected chi connectivity index (χ0v) is 14.2. The maximum atomic E-state index is 13.5. The van der Waals surface area contributed by atoms with E-state index in [0.29, 0.717) is 10.8 Å². The van der Waals surface area contributed by atoms with Crippen LogP contribution in [-0.2, 0) is 4.79 Å². The van der Waals surface area contributed by atoms with Crippen molar-refractivity contribution in [2.45, 2.75) is 5.22 Å². The van der Waals surface area contributed by atoms with Crippen LogP contribution in [0.15, 0.2) is 58.3 Å². The summed E-state index contributed by atoms with van der Waals surface area (Å²) < 4.78 is 32.1. The first-order valence-corrected chi connectivity index (χ1v) is 8.47. The average Bonchev–Trinajstić information content (AvgIpc) is 3.05. The van der Waals surface area contributed by atoms with Crippen LogP contribution in [0.1, 0.15) is 0 Å². The number of carbonyl (C=O) groups excluding carboxylic acids is 1. The zero-order valence-electron chi connectivity index (χ0n) is 12.6. The number of thioether (sulfide) groups is 1. The predicted octanol–water partition coefficient (Wildman–Crippen LogP) is 5.00. The van der Waals surface area contributed by atoms with Crippen molar-refractivity contribution < 1.29 is 18.0 Å². The molecule has 128 valence electrons. The van der Waals surface area contributed by atoms with E-state index in [0.717, 1.165) is 35.5 Å². The number of nitrogens with zero attached hydrogens (tertiary/aromatic N) is 1. The molecule has 1 N–H and O–H groups in total. The predicted molar refractivity (Wildman–Crippen MR) is 92.7 cm³/mol. The van der Waals surface area contributed by atoms with Crippen molar-refractivity contribution in [1.82, 2.24) is 4.98 Å². The number of aromatic nitrogens is 1. The summed E-state index contributed by atoms with van der Waals surface area (Å²) in [7, 11) is 0. The summed E-state index contributed by atoms with van der Waals surface area (Å²) in [6.45, 7) is 0. The molecule has 3 rings (SSSR count). The number of halogens is 3. The highest BCUT2D eigenvalue weighted by Crippen LogP contribution is 2.27. The van der Waals surface area contributed by atoms with Crippen molar-refractivity contribution >= 4 is 35.0 Å². The fourth-order valence-corrected chi connectivity index (χ4v) is 2.80. The van der Waals surface area contributed by atoms with Gasteiger partial charge in [0.1, 0.15) is 11.6 Å². The molecule has 0 atom stereocenters. The molecule has 3 aromatic rings. The first kappa shape index (κ1) is 17.4. The molecule has 0 spiro atoms. The third kappa shape index (κ3) is 4.58. The Hall–Kier alpha value is -2.38. The number of rotatable bonds is 5. The van der Waals surface area contributed by atoms with Crippen LogP contribution in [0.2, 0.25) is 5.02 Å². The number of oxazole rings is 1. The fraction of sp³-hybridized carbons (Fsp3) is 0.0588. The Morgan fingerprint density at radius 3 is 2.88 bits per heavy atom. The summed E-state index contributed by atoms with van der Waals surface area (Å²) >= 11 is 6.97. The molecule has 0 radical (unpaired) electrons. The molecule has 2 aromatic carbocycles. The second kappa shape index (κ2) is 7.67. The normalized spacial score (nSPS) is 10.7. The van der Waals surface area contributed by atoms with Crippen LogP contribution < -0.4 is 5.32 Å². The molecule has 0 fully saturated rings. The van der Waals surface area contributed by atoms with E-state index in [1.165, 1.54) is 6.20 Å². The van der Waals surface area contributed by atoms with Gasteiger partial charge in [-0.1, -0.05) is 35.5 Å². The van der Waals surface area contributed by atoms with Gasteiger partial charge >= 0.3 is 0 Å². The van der Waals surface area contributed by atoms with Gasteiger partial charge in [0.15, 0.2) is 5.76 Å². The van der Waals surface area contributed by atoms with Gasteiger partial charge in [-0.05, 0) is 24.3 Å². The first-order chi connectivity index (χ1) is 12.0. The minimum absolute atomic E-state index is 0.0640. The summed E-state index contributed by atoms with van der Waals surface area (Å²) in [5.41, 5.74) is 0.552. The molecule has 25 heavy (non-hydrogen) atoms.